The molecule has 0 aromatic heterocycles. The second kappa shape index (κ2) is 7.29. The summed E-state index contributed by atoms with van der Waals surface area (Å²) in [6, 6.07) is 8.56. The van der Waals surface area contributed by atoms with Crippen LogP contribution in [0.1, 0.15) is 0 Å². The number of hydrogen-bond acceptors (Lipinski definition) is 6. The highest BCUT2D eigenvalue weighted by Gasteiger charge is 2.03. The Labute approximate surface area is 116 Å². The minimum absolute atomic E-state index is 0.152. The number of anilines is 1. The van der Waals surface area contributed by atoms with Gasteiger partial charge in [0, 0.05) is 11.8 Å². The molecule has 0 saturated carbocycles. The zero-order chi connectivity index (χ0) is 15.0. The van der Waals surface area contributed by atoms with Crippen LogP contribution in [0.15, 0.2) is 34.6 Å². The van der Waals surface area contributed by atoms with Gasteiger partial charge in [0.2, 0.25) is 0 Å². The van der Waals surface area contributed by atoms with E-state index in [1.54, 1.807) is 37.4 Å². The molecule has 7 heteroatoms. The second-order valence-corrected chi connectivity index (χ2v) is 3.46. The van der Waals surface area contributed by atoms with Crippen LogP contribution in [0.2, 0.25) is 0 Å². The number of aliphatic imine (C=N–C) groups is 1. The third-order valence-electron chi connectivity index (χ3n) is 2.29. The summed E-state index contributed by atoms with van der Waals surface area (Å²) in [5, 5.41) is 20.2. The summed E-state index contributed by atoms with van der Waals surface area (Å²) in [7, 11) is 3.07. The molecule has 0 aliphatic rings. The predicted octanol–water partition coefficient (Wildman–Crippen LogP) is 1.36. The van der Waals surface area contributed by atoms with Gasteiger partial charge in [-0.3, -0.25) is 0 Å². The first-order chi connectivity index (χ1) is 9.65. The van der Waals surface area contributed by atoms with Crippen LogP contribution in [0, 0.1) is 22.7 Å². The van der Waals surface area contributed by atoms with E-state index in [0.29, 0.717) is 17.2 Å². The summed E-state index contributed by atoms with van der Waals surface area (Å²) in [5.74, 6) is 1.15. The lowest BCUT2D eigenvalue weighted by Crippen LogP contribution is -2.00. The fraction of sp³-hybridized carbons (Fsp3) is 0.154. The zero-order valence-corrected chi connectivity index (χ0v) is 11.0. The number of rotatable bonds is 5. The molecule has 1 aromatic rings. The first kappa shape index (κ1) is 14.9. The molecule has 0 aliphatic heterocycles. The van der Waals surface area contributed by atoms with E-state index in [2.05, 4.69) is 10.3 Å². The number of benzene rings is 1. The average Bonchev–Trinajstić information content (AvgIpc) is 2.50. The molecule has 0 atom stereocenters. The maximum absolute atomic E-state index is 8.76. The summed E-state index contributed by atoms with van der Waals surface area (Å²) >= 11 is 0. The van der Waals surface area contributed by atoms with Crippen molar-refractivity contribution in [1.29, 1.82) is 10.5 Å². The number of nitrogens with zero attached hydrogens (tertiary/aromatic N) is 3. The van der Waals surface area contributed by atoms with Crippen molar-refractivity contribution in [2.45, 2.75) is 0 Å². The van der Waals surface area contributed by atoms with Crippen molar-refractivity contribution in [3.05, 3.63) is 29.6 Å². The summed E-state index contributed by atoms with van der Waals surface area (Å²) in [6.45, 7) is 0. The van der Waals surface area contributed by atoms with Crippen molar-refractivity contribution < 1.29 is 9.47 Å². The summed E-state index contributed by atoms with van der Waals surface area (Å²) in [6.07, 6.45) is 1.27. The minimum Gasteiger partial charge on any atom is -0.493 e. The van der Waals surface area contributed by atoms with Gasteiger partial charge in [-0.15, -0.1) is 0 Å². The smallest absolute Gasteiger partial charge is 0.175 e. The van der Waals surface area contributed by atoms with Gasteiger partial charge in [-0.05, 0) is 12.1 Å². The molecule has 0 bridgehead atoms. The Balaban J connectivity index is 2.86. The monoisotopic (exact) mass is 271 g/mol. The van der Waals surface area contributed by atoms with E-state index in [1.807, 2.05) is 0 Å². The second-order valence-electron chi connectivity index (χ2n) is 3.46. The molecule has 1 aromatic carbocycles. The summed E-state index contributed by atoms with van der Waals surface area (Å²) in [5.41, 5.74) is 5.60. The third kappa shape index (κ3) is 3.65. The van der Waals surface area contributed by atoms with Crippen LogP contribution in [0.5, 0.6) is 11.5 Å². The quantitative estimate of drug-likeness (QED) is 0.474. The number of nitrogens with one attached hydrogen (secondary N) is 1. The number of ether oxygens (including phenoxy) is 2. The number of hydrogen-bond donors (Lipinski definition) is 2. The average molecular weight is 271 g/mol. The topological polar surface area (TPSA) is 116 Å². The van der Waals surface area contributed by atoms with Gasteiger partial charge in [0.25, 0.3) is 0 Å². The van der Waals surface area contributed by atoms with Gasteiger partial charge in [0.1, 0.15) is 17.8 Å². The normalized spacial score (nSPS) is 11.2. The first-order valence-electron chi connectivity index (χ1n) is 5.47. The first-order valence-corrected chi connectivity index (χ1v) is 5.47. The Hall–Kier alpha value is -3.19. The molecule has 0 saturated heterocycles. The van der Waals surface area contributed by atoms with Crippen LogP contribution in [0.4, 0.5) is 5.69 Å². The van der Waals surface area contributed by atoms with Gasteiger partial charge in [0.15, 0.2) is 17.2 Å². The van der Waals surface area contributed by atoms with Crippen molar-refractivity contribution in [1.82, 2.24) is 0 Å². The molecule has 0 amide bonds. The van der Waals surface area contributed by atoms with E-state index < -0.39 is 0 Å². The molecule has 0 spiro atoms. The lowest BCUT2D eigenvalue weighted by Gasteiger charge is -2.08. The molecule has 0 heterocycles. The fourth-order valence-electron chi connectivity index (χ4n) is 1.31. The fourth-order valence-corrected chi connectivity index (χ4v) is 1.31. The zero-order valence-electron chi connectivity index (χ0n) is 11.0. The van der Waals surface area contributed by atoms with Crippen molar-refractivity contribution in [2.75, 3.05) is 19.5 Å². The molecular formula is C13H13N5O2. The van der Waals surface area contributed by atoms with Crippen LogP contribution in [0.3, 0.4) is 0 Å². The molecule has 3 N–H and O–H groups in total. The molecule has 0 radical (unpaired) electrons. The van der Waals surface area contributed by atoms with Crippen molar-refractivity contribution in [3.8, 4) is 23.6 Å². The van der Waals surface area contributed by atoms with E-state index in [1.165, 1.54) is 13.4 Å². The summed E-state index contributed by atoms with van der Waals surface area (Å²) in [4.78, 5) is 3.77. The maximum Gasteiger partial charge on any atom is 0.175 e. The van der Waals surface area contributed by atoms with Crippen LogP contribution in [-0.2, 0) is 0 Å². The van der Waals surface area contributed by atoms with Crippen molar-refractivity contribution in [3.63, 3.8) is 0 Å². The third-order valence-corrected chi connectivity index (χ3v) is 2.29. The van der Waals surface area contributed by atoms with Crippen LogP contribution in [0.25, 0.3) is 0 Å². The Kier molecular flexibility index (Phi) is 5.42. The SMILES string of the molecule is COc1ccc(NC=N/C(C#N)=C(\N)C#N)cc1OC. The van der Waals surface area contributed by atoms with Gasteiger partial charge in [0.05, 0.1) is 20.6 Å². The van der Waals surface area contributed by atoms with Gasteiger partial charge in [-0.2, -0.15) is 10.5 Å². The predicted molar refractivity (Wildman–Crippen MR) is 74.1 cm³/mol. The van der Waals surface area contributed by atoms with Gasteiger partial charge < -0.3 is 20.5 Å². The molecule has 102 valence electrons. The maximum atomic E-state index is 8.76. The number of allylic oxidation sites excluding steroid dienone is 2. The lowest BCUT2D eigenvalue weighted by atomic mass is 10.3. The Morgan fingerprint density at radius 1 is 1.25 bits per heavy atom. The van der Waals surface area contributed by atoms with Crippen LogP contribution < -0.4 is 20.5 Å². The Morgan fingerprint density at radius 3 is 2.50 bits per heavy atom. The molecular weight excluding hydrogens is 258 g/mol. The molecule has 0 fully saturated rings. The van der Waals surface area contributed by atoms with Gasteiger partial charge in [-0.25, -0.2) is 4.99 Å². The minimum atomic E-state index is -0.238. The van der Waals surface area contributed by atoms with Crippen molar-refractivity contribution in [2.24, 2.45) is 10.7 Å². The summed E-state index contributed by atoms with van der Waals surface area (Å²) < 4.78 is 10.3. The van der Waals surface area contributed by atoms with Crippen molar-refractivity contribution >= 4 is 12.0 Å². The standard InChI is InChI=1S/C13H13N5O2/c1-19-12-4-3-9(5-13(12)20-2)17-8-18-11(7-15)10(16)6-14/h3-5,8H,16H2,1-2H3,(H,17,18)/b11-10-. The van der Waals surface area contributed by atoms with E-state index in [-0.39, 0.29) is 11.4 Å². The largest absolute Gasteiger partial charge is 0.493 e. The van der Waals surface area contributed by atoms with Crippen LogP contribution in [-0.4, -0.2) is 20.6 Å². The number of nitrogens with two attached hydrogens (primary N) is 1. The van der Waals surface area contributed by atoms with E-state index in [0.717, 1.165) is 0 Å². The number of methoxy groups -OCH3 is 2. The molecule has 1 rings (SSSR count). The highest BCUT2D eigenvalue weighted by atomic mass is 16.5. The van der Waals surface area contributed by atoms with Crippen LogP contribution >= 0.6 is 0 Å². The molecule has 0 aliphatic carbocycles. The highest BCUT2D eigenvalue weighted by Crippen LogP contribution is 2.29. The lowest BCUT2D eigenvalue weighted by molar-refractivity contribution is 0.355. The molecule has 0 unspecified atom stereocenters. The Morgan fingerprint density at radius 2 is 1.95 bits per heavy atom. The highest BCUT2D eigenvalue weighted by molar-refractivity contribution is 5.78. The Bertz CT molecular complexity index is 623. The van der Waals surface area contributed by atoms with Gasteiger partial charge >= 0.3 is 0 Å². The number of nitriles is 2. The van der Waals surface area contributed by atoms with E-state index in [9.17, 15) is 0 Å². The molecule has 20 heavy (non-hydrogen) atoms. The van der Waals surface area contributed by atoms with E-state index >= 15 is 0 Å². The van der Waals surface area contributed by atoms with Gasteiger partial charge in [-0.1, -0.05) is 0 Å². The molecule has 7 nitrogen and oxygen atoms in total. The van der Waals surface area contributed by atoms with E-state index in [4.69, 9.17) is 25.7 Å².